The number of aliphatic hydroxyl groups excluding tert-OH is 1. The van der Waals surface area contributed by atoms with E-state index < -0.39 is 0 Å². The van der Waals surface area contributed by atoms with E-state index in [0.29, 0.717) is 17.3 Å². The molecule has 3 unspecified atom stereocenters. The van der Waals surface area contributed by atoms with E-state index in [1.54, 1.807) is 0 Å². The molecule has 68 valence electrons. The molecule has 1 N–H and O–H groups in total. The molecule has 3 atom stereocenters. The third-order valence-electron chi connectivity index (χ3n) is 2.92. The van der Waals surface area contributed by atoms with Gasteiger partial charge in [-0.2, -0.15) is 0 Å². The van der Waals surface area contributed by atoms with Gasteiger partial charge in [0.05, 0.1) is 6.10 Å². The molecular formula is C10H22O. The molecule has 0 aromatic carbocycles. The van der Waals surface area contributed by atoms with Crippen molar-refractivity contribution in [2.24, 2.45) is 17.3 Å². The van der Waals surface area contributed by atoms with Gasteiger partial charge in [-0.15, -0.1) is 0 Å². The summed E-state index contributed by atoms with van der Waals surface area (Å²) in [5.74, 6) is 0.942. The zero-order valence-electron chi connectivity index (χ0n) is 8.68. The second kappa shape index (κ2) is 3.57. The van der Waals surface area contributed by atoms with E-state index in [4.69, 9.17) is 0 Å². The van der Waals surface area contributed by atoms with Crippen LogP contribution in [-0.4, -0.2) is 11.2 Å². The smallest absolute Gasteiger partial charge is 0.0540 e. The highest BCUT2D eigenvalue weighted by Gasteiger charge is 2.27. The highest BCUT2D eigenvalue weighted by Crippen LogP contribution is 2.32. The minimum atomic E-state index is -0.191. The summed E-state index contributed by atoms with van der Waals surface area (Å²) in [6.07, 6.45) is -0.191. The first kappa shape index (κ1) is 11.0. The monoisotopic (exact) mass is 158 g/mol. The lowest BCUT2D eigenvalue weighted by atomic mass is 9.73. The predicted molar refractivity (Wildman–Crippen MR) is 49.5 cm³/mol. The number of aliphatic hydroxyl groups is 1. The Labute approximate surface area is 70.8 Å². The summed E-state index contributed by atoms with van der Waals surface area (Å²) in [7, 11) is 0. The van der Waals surface area contributed by atoms with E-state index in [-0.39, 0.29) is 6.10 Å². The zero-order valence-corrected chi connectivity index (χ0v) is 8.68. The summed E-state index contributed by atoms with van der Waals surface area (Å²) < 4.78 is 0. The van der Waals surface area contributed by atoms with Crippen molar-refractivity contribution in [3.05, 3.63) is 0 Å². The van der Waals surface area contributed by atoms with Gasteiger partial charge in [0.2, 0.25) is 0 Å². The van der Waals surface area contributed by atoms with Crippen LogP contribution in [0.4, 0.5) is 0 Å². The number of hydrogen-bond acceptors (Lipinski definition) is 1. The van der Waals surface area contributed by atoms with Crippen LogP contribution >= 0.6 is 0 Å². The number of hydrogen-bond donors (Lipinski definition) is 1. The van der Waals surface area contributed by atoms with Gasteiger partial charge >= 0.3 is 0 Å². The van der Waals surface area contributed by atoms with Crippen molar-refractivity contribution < 1.29 is 5.11 Å². The van der Waals surface area contributed by atoms with Crippen LogP contribution in [0.1, 0.15) is 41.5 Å². The topological polar surface area (TPSA) is 20.2 Å². The molecule has 0 bridgehead atoms. The molecule has 0 aliphatic carbocycles. The molecule has 0 fully saturated rings. The van der Waals surface area contributed by atoms with Crippen LogP contribution in [0.25, 0.3) is 0 Å². The summed E-state index contributed by atoms with van der Waals surface area (Å²) in [6.45, 7) is 12.8. The molecule has 0 aliphatic rings. The number of rotatable bonds is 2. The average Bonchev–Trinajstić information content (AvgIpc) is 1.82. The van der Waals surface area contributed by atoms with Gasteiger partial charge in [0.15, 0.2) is 0 Å². The van der Waals surface area contributed by atoms with E-state index in [2.05, 4.69) is 34.6 Å². The maximum Gasteiger partial charge on any atom is 0.0540 e. The average molecular weight is 158 g/mol. The molecule has 0 saturated heterocycles. The zero-order chi connectivity index (χ0) is 9.23. The van der Waals surface area contributed by atoms with Gasteiger partial charge in [-0.25, -0.2) is 0 Å². The van der Waals surface area contributed by atoms with E-state index >= 15 is 0 Å². The molecule has 0 rings (SSSR count). The Balaban J connectivity index is 4.13. The first-order valence-electron chi connectivity index (χ1n) is 4.45. The molecule has 1 heteroatoms. The molecule has 1 nitrogen and oxygen atoms in total. The normalized spacial score (nSPS) is 21.0. The van der Waals surface area contributed by atoms with E-state index in [0.717, 1.165) is 0 Å². The Morgan fingerprint density at radius 1 is 1.00 bits per heavy atom. The van der Waals surface area contributed by atoms with Gasteiger partial charge < -0.3 is 5.11 Å². The van der Waals surface area contributed by atoms with E-state index in [9.17, 15) is 5.11 Å². The highest BCUT2D eigenvalue weighted by molar-refractivity contribution is 4.77. The minimum absolute atomic E-state index is 0.191. The Hall–Kier alpha value is -0.0400. The van der Waals surface area contributed by atoms with Gasteiger partial charge in [-0.05, 0) is 24.2 Å². The van der Waals surface area contributed by atoms with Crippen LogP contribution in [-0.2, 0) is 0 Å². The van der Waals surface area contributed by atoms with Crippen molar-refractivity contribution in [1.82, 2.24) is 0 Å². The maximum atomic E-state index is 9.35. The SMILES string of the molecule is CC(O)C(C)C(C)C(C)(C)C. The lowest BCUT2D eigenvalue weighted by Crippen LogP contribution is -2.30. The standard InChI is InChI=1S/C10H22O/c1-7(9(3)11)8(2)10(4,5)6/h7-9,11H,1-6H3. The minimum Gasteiger partial charge on any atom is -0.393 e. The molecule has 0 heterocycles. The fourth-order valence-electron chi connectivity index (χ4n) is 1.21. The summed E-state index contributed by atoms with van der Waals surface area (Å²) in [4.78, 5) is 0. The van der Waals surface area contributed by atoms with Gasteiger partial charge in [-0.1, -0.05) is 34.6 Å². The summed E-state index contributed by atoms with van der Waals surface area (Å²) in [6, 6.07) is 0. The van der Waals surface area contributed by atoms with Gasteiger partial charge in [-0.3, -0.25) is 0 Å². The van der Waals surface area contributed by atoms with Gasteiger partial charge in [0, 0.05) is 0 Å². The molecule has 0 spiro atoms. The third-order valence-corrected chi connectivity index (χ3v) is 2.92. The first-order chi connectivity index (χ1) is 4.76. The molecule has 0 radical (unpaired) electrons. The summed E-state index contributed by atoms with van der Waals surface area (Å²) >= 11 is 0. The molecule has 0 aromatic heterocycles. The summed E-state index contributed by atoms with van der Waals surface area (Å²) in [5, 5.41) is 9.35. The Morgan fingerprint density at radius 2 is 1.36 bits per heavy atom. The Kier molecular flexibility index (Phi) is 3.56. The van der Waals surface area contributed by atoms with E-state index in [1.165, 1.54) is 0 Å². The van der Waals surface area contributed by atoms with Crippen LogP contribution in [0.3, 0.4) is 0 Å². The summed E-state index contributed by atoms with van der Waals surface area (Å²) in [5.41, 5.74) is 0.302. The van der Waals surface area contributed by atoms with Crippen molar-refractivity contribution in [3.63, 3.8) is 0 Å². The van der Waals surface area contributed by atoms with Crippen molar-refractivity contribution in [3.8, 4) is 0 Å². The van der Waals surface area contributed by atoms with Crippen LogP contribution < -0.4 is 0 Å². The molecule has 11 heavy (non-hydrogen) atoms. The lowest BCUT2D eigenvalue weighted by molar-refractivity contribution is 0.0605. The fourth-order valence-corrected chi connectivity index (χ4v) is 1.21. The maximum absolute atomic E-state index is 9.35. The second-order valence-electron chi connectivity index (χ2n) is 4.75. The van der Waals surface area contributed by atoms with Crippen LogP contribution in [0.2, 0.25) is 0 Å². The van der Waals surface area contributed by atoms with Gasteiger partial charge in [0.1, 0.15) is 0 Å². The first-order valence-corrected chi connectivity index (χ1v) is 4.45. The van der Waals surface area contributed by atoms with Crippen LogP contribution in [0.5, 0.6) is 0 Å². The highest BCUT2D eigenvalue weighted by atomic mass is 16.3. The largest absolute Gasteiger partial charge is 0.393 e. The Morgan fingerprint density at radius 3 is 1.45 bits per heavy atom. The molecular weight excluding hydrogens is 136 g/mol. The van der Waals surface area contributed by atoms with E-state index in [1.807, 2.05) is 6.92 Å². The van der Waals surface area contributed by atoms with Crippen molar-refractivity contribution >= 4 is 0 Å². The fraction of sp³-hybridized carbons (Fsp3) is 1.00. The molecule has 0 saturated carbocycles. The quantitative estimate of drug-likeness (QED) is 0.655. The van der Waals surface area contributed by atoms with Crippen molar-refractivity contribution in [1.29, 1.82) is 0 Å². The van der Waals surface area contributed by atoms with Crippen molar-refractivity contribution in [2.45, 2.75) is 47.6 Å². The van der Waals surface area contributed by atoms with Crippen LogP contribution in [0.15, 0.2) is 0 Å². The molecule has 0 aliphatic heterocycles. The van der Waals surface area contributed by atoms with Crippen molar-refractivity contribution in [2.75, 3.05) is 0 Å². The lowest BCUT2D eigenvalue weighted by Gasteiger charge is -2.33. The van der Waals surface area contributed by atoms with Crippen LogP contribution in [0, 0.1) is 17.3 Å². The third kappa shape index (κ3) is 3.24. The van der Waals surface area contributed by atoms with Gasteiger partial charge in [0.25, 0.3) is 0 Å². The molecule has 0 aromatic rings. The molecule has 0 amide bonds. The second-order valence-corrected chi connectivity index (χ2v) is 4.75. The Bertz CT molecular complexity index is 111. The predicted octanol–water partition coefficient (Wildman–Crippen LogP) is 2.69.